The molecule has 0 saturated carbocycles. The van der Waals surface area contributed by atoms with Gasteiger partial charge in [0.2, 0.25) is 0 Å². The highest BCUT2D eigenvalue weighted by molar-refractivity contribution is 5.90. The van der Waals surface area contributed by atoms with E-state index in [4.69, 9.17) is 9.57 Å². The fraction of sp³-hybridized carbons (Fsp3) is 0.417. The molecule has 0 aromatic carbocycles. The van der Waals surface area contributed by atoms with E-state index in [1.807, 2.05) is 6.07 Å². The second kappa shape index (κ2) is 6.22. The van der Waals surface area contributed by atoms with Crippen molar-refractivity contribution in [3.63, 3.8) is 0 Å². The van der Waals surface area contributed by atoms with Crippen molar-refractivity contribution < 1.29 is 14.4 Å². The maximum absolute atomic E-state index is 11.4. The Morgan fingerprint density at radius 1 is 1.59 bits per heavy atom. The van der Waals surface area contributed by atoms with Gasteiger partial charge in [-0.25, -0.2) is 10.3 Å². The zero-order valence-electron chi connectivity index (χ0n) is 9.52. The van der Waals surface area contributed by atoms with Gasteiger partial charge in [0, 0.05) is 31.5 Å². The highest BCUT2D eigenvalue weighted by atomic mass is 16.8. The number of aromatic amines is 1. The van der Waals surface area contributed by atoms with Crippen LogP contribution < -0.4 is 5.48 Å². The van der Waals surface area contributed by atoms with Crippen LogP contribution in [-0.2, 0) is 14.4 Å². The molecule has 2 heterocycles. The van der Waals surface area contributed by atoms with Gasteiger partial charge in [0.1, 0.15) is 0 Å². The van der Waals surface area contributed by atoms with E-state index in [2.05, 4.69) is 10.5 Å². The van der Waals surface area contributed by atoms with Crippen molar-refractivity contribution in [1.29, 1.82) is 0 Å². The molecule has 5 heteroatoms. The number of hydroxylamine groups is 1. The van der Waals surface area contributed by atoms with E-state index in [1.54, 1.807) is 18.5 Å². The Labute approximate surface area is 99.8 Å². The predicted molar refractivity (Wildman–Crippen MR) is 62.6 cm³/mol. The minimum Gasteiger partial charge on any atom is -0.367 e. The summed E-state index contributed by atoms with van der Waals surface area (Å²) >= 11 is 0. The second-order valence-electron chi connectivity index (χ2n) is 3.86. The minimum atomic E-state index is -0.312. The van der Waals surface area contributed by atoms with Gasteiger partial charge in [-0.2, -0.15) is 0 Å². The number of ether oxygens (including phenoxy) is 1. The molecule has 0 spiro atoms. The molecular weight excluding hydrogens is 220 g/mol. The summed E-state index contributed by atoms with van der Waals surface area (Å²) in [4.78, 5) is 19.4. The van der Waals surface area contributed by atoms with E-state index < -0.39 is 0 Å². The van der Waals surface area contributed by atoms with Crippen molar-refractivity contribution >= 4 is 12.0 Å². The summed E-state index contributed by atoms with van der Waals surface area (Å²) in [6.45, 7) is 0.694. The Bertz CT molecular complexity index is 367. The number of carbonyl (C=O) groups is 1. The molecule has 2 rings (SSSR count). The lowest BCUT2D eigenvalue weighted by Crippen LogP contribution is -2.32. The number of amides is 1. The molecule has 2 N–H and O–H groups in total. The number of H-pyrrole nitrogens is 1. The molecule has 0 bridgehead atoms. The van der Waals surface area contributed by atoms with Gasteiger partial charge in [-0.15, -0.1) is 0 Å². The molecule has 1 aliphatic heterocycles. The van der Waals surface area contributed by atoms with Crippen LogP contribution >= 0.6 is 0 Å². The Kier molecular flexibility index (Phi) is 4.35. The fourth-order valence-corrected chi connectivity index (χ4v) is 1.57. The quantitative estimate of drug-likeness (QED) is 0.616. The van der Waals surface area contributed by atoms with Gasteiger partial charge in [-0.3, -0.25) is 4.79 Å². The van der Waals surface area contributed by atoms with Crippen molar-refractivity contribution in [1.82, 2.24) is 10.5 Å². The number of rotatable bonds is 4. The molecule has 1 aromatic heterocycles. The standard InChI is InChI=1S/C12H16N2O3/c15-11(5-4-10-6-7-13-9-10)14-17-12-3-1-2-8-16-12/h4-7,9,12-13H,1-3,8H2,(H,14,15)/b5-4+. The normalized spacial score (nSPS) is 20.6. The van der Waals surface area contributed by atoms with Crippen molar-refractivity contribution in [3.05, 3.63) is 30.1 Å². The smallest absolute Gasteiger partial charge is 0.267 e. The number of hydrogen-bond acceptors (Lipinski definition) is 3. The highest BCUT2D eigenvalue weighted by Gasteiger charge is 2.14. The molecule has 1 aromatic rings. The third-order valence-corrected chi connectivity index (χ3v) is 2.48. The van der Waals surface area contributed by atoms with E-state index in [0.29, 0.717) is 6.61 Å². The number of hydrogen-bond donors (Lipinski definition) is 2. The molecule has 5 nitrogen and oxygen atoms in total. The van der Waals surface area contributed by atoms with Crippen LogP contribution in [0.5, 0.6) is 0 Å². The molecule has 1 fully saturated rings. The lowest BCUT2D eigenvalue weighted by atomic mass is 10.2. The van der Waals surface area contributed by atoms with Gasteiger partial charge in [0.05, 0.1) is 0 Å². The monoisotopic (exact) mass is 236 g/mol. The van der Waals surface area contributed by atoms with Crippen LogP contribution in [0.4, 0.5) is 0 Å². The van der Waals surface area contributed by atoms with Crippen LogP contribution in [0.15, 0.2) is 24.5 Å². The molecule has 1 aliphatic rings. The zero-order chi connectivity index (χ0) is 11.9. The Hall–Kier alpha value is -1.59. The summed E-state index contributed by atoms with van der Waals surface area (Å²) < 4.78 is 5.31. The molecule has 1 unspecified atom stereocenters. The van der Waals surface area contributed by atoms with Crippen LogP contribution in [0.1, 0.15) is 24.8 Å². The van der Waals surface area contributed by atoms with Gasteiger partial charge in [0.25, 0.3) is 5.91 Å². The van der Waals surface area contributed by atoms with Crippen molar-refractivity contribution in [2.75, 3.05) is 6.61 Å². The van der Waals surface area contributed by atoms with Gasteiger partial charge < -0.3 is 9.72 Å². The van der Waals surface area contributed by atoms with Gasteiger partial charge in [0.15, 0.2) is 6.29 Å². The summed E-state index contributed by atoms with van der Waals surface area (Å²) in [6, 6.07) is 1.87. The summed E-state index contributed by atoms with van der Waals surface area (Å²) in [5.74, 6) is -0.291. The minimum absolute atomic E-state index is 0.291. The Balaban J connectivity index is 1.70. The summed E-state index contributed by atoms with van der Waals surface area (Å²) in [6.07, 6.45) is 9.36. The van der Waals surface area contributed by atoms with E-state index in [1.165, 1.54) is 6.08 Å². The first kappa shape index (κ1) is 11.9. The molecule has 0 radical (unpaired) electrons. The van der Waals surface area contributed by atoms with Gasteiger partial charge in [-0.05, 0) is 30.5 Å². The van der Waals surface area contributed by atoms with Crippen LogP contribution in [0.3, 0.4) is 0 Å². The first-order chi connectivity index (χ1) is 8.34. The van der Waals surface area contributed by atoms with E-state index in [9.17, 15) is 4.79 Å². The third-order valence-electron chi connectivity index (χ3n) is 2.48. The second-order valence-corrected chi connectivity index (χ2v) is 3.86. The van der Waals surface area contributed by atoms with Crippen LogP contribution in [-0.4, -0.2) is 23.8 Å². The molecule has 1 amide bonds. The summed E-state index contributed by atoms with van der Waals surface area (Å²) in [5.41, 5.74) is 3.29. The lowest BCUT2D eigenvalue weighted by Gasteiger charge is -2.21. The zero-order valence-corrected chi connectivity index (χ0v) is 9.52. The van der Waals surface area contributed by atoms with Crippen LogP contribution in [0.25, 0.3) is 6.08 Å². The largest absolute Gasteiger partial charge is 0.367 e. The molecule has 1 saturated heterocycles. The van der Waals surface area contributed by atoms with E-state index in [0.717, 1.165) is 24.8 Å². The number of nitrogens with one attached hydrogen (secondary N) is 2. The third kappa shape index (κ3) is 4.05. The molecule has 17 heavy (non-hydrogen) atoms. The topological polar surface area (TPSA) is 63.4 Å². The van der Waals surface area contributed by atoms with Gasteiger partial charge in [-0.1, -0.05) is 0 Å². The molecule has 0 aliphatic carbocycles. The van der Waals surface area contributed by atoms with Crippen molar-refractivity contribution in [2.45, 2.75) is 25.6 Å². The number of aromatic nitrogens is 1. The van der Waals surface area contributed by atoms with E-state index in [-0.39, 0.29) is 12.2 Å². The summed E-state index contributed by atoms with van der Waals surface area (Å²) in [5, 5.41) is 0. The SMILES string of the molecule is O=C(/C=C/c1cc[nH]c1)NOC1CCCCO1. The van der Waals surface area contributed by atoms with Crippen LogP contribution in [0, 0.1) is 0 Å². The number of carbonyl (C=O) groups excluding carboxylic acids is 1. The Morgan fingerprint density at radius 2 is 2.53 bits per heavy atom. The van der Waals surface area contributed by atoms with E-state index >= 15 is 0 Å². The maximum atomic E-state index is 11.4. The lowest BCUT2D eigenvalue weighted by molar-refractivity contribution is -0.198. The first-order valence-electron chi connectivity index (χ1n) is 5.73. The fourth-order valence-electron chi connectivity index (χ4n) is 1.57. The van der Waals surface area contributed by atoms with Crippen LogP contribution in [0.2, 0.25) is 0 Å². The maximum Gasteiger partial charge on any atom is 0.267 e. The van der Waals surface area contributed by atoms with Crippen molar-refractivity contribution in [2.24, 2.45) is 0 Å². The predicted octanol–water partition coefficient (Wildman–Crippen LogP) is 1.60. The average Bonchev–Trinajstić information content (AvgIpc) is 2.88. The Morgan fingerprint density at radius 3 is 3.24 bits per heavy atom. The molecule has 1 atom stereocenters. The highest BCUT2D eigenvalue weighted by Crippen LogP contribution is 2.12. The first-order valence-corrected chi connectivity index (χ1v) is 5.73. The average molecular weight is 236 g/mol. The molecular formula is C12H16N2O3. The van der Waals surface area contributed by atoms with Crippen molar-refractivity contribution in [3.8, 4) is 0 Å². The summed E-state index contributed by atoms with van der Waals surface area (Å²) in [7, 11) is 0. The van der Waals surface area contributed by atoms with Gasteiger partial charge >= 0.3 is 0 Å². The molecule has 92 valence electrons.